The highest BCUT2D eigenvalue weighted by atomic mass is 32.1. The number of hydrogen-bond acceptors (Lipinski definition) is 3. The van der Waals surface area contributed by atoms with Gasteiger partial charge in [0.1, 0.15) is 0 Å². The molecule has 114 heavy (non-hydrogen) atoms. The molecule has 19 aromatic rings. The third-order valence-electron chi connectivity index (χ3n) is 24.6. The van der Waals surface area contributed by atoms with Gasteiger partial charge in [-0.05, 0) is 200 Å². The summed E-state index contributed by atoms with van der Waals surface area (Å²) in [7, 11) is 0. The van der Waals surface area contributed by atoms with Crippen molar-refractivity contribution >= 4 is 132 Å². The van der Waals surface area contributed by atoms with E-state index in [4.69, 9.17) is 0 Å². The van der Waals surface area contributed by atoms with E-state index in [-0.39, 0.29) is 34.4 Å². The molecule has 5 heteroatoms. The fraction of sp³-hybridized carbons (Fsp3) is 0.119. The number of thiophene rings is 1. The van der Waals surface area contributed by atoms with Crippen LogP contribution in [0.15, 0.2) is 358 Å². The number of para-hydroxylation sites is 2. The van der Waals surface area contributed by atoms with Gasteiger partial charge in [0.25, 0.3) is 6.71 Å². The SMILES string of the molecule is [2H]c1c([2H])c(-n2c3ccccc3c3ccccc32)c([2H])c2c1B1c3sc4cc(C(C)(C)C)ccc4c3N(c3c(-c4ccccc4)cc(C(C)(C)C)cc3-c3ccccc3)c3cc(C(c4ccccc4)(c4ccccc4)c4cc5ccc6cccc7ccc(c4)c5c67)cc(c31)N2c1c(-c2ccccc2)cc(C(C)(C)C)cc1-c1ccccc1. The normalized spacial score (nSPS) is 13.4. The second kappa shape index (κ2) is 26.1. The van der Waals surface area contributed by atoms with E-state index in [2.05, 4.69) is 416 Å². The average molecular weight is 1480 g/mol. The number of benzene rings is 17. The minimum Gasteiger partial charge on any atom is -0.310 e. The average Bonchev–Trinajstić information content (AvgIpc) is 1.66. The summed E-state index contributed by atoms with van der Waals surface area (Å²) < 4.78 is 39.3. The van der Waals surface area contributed by atoms with E-state index in [9.17, 15) is 4.11 Å². The summed E-state index contributed by atoms with van der Waals surface area (Å²) in [5, 5.41) is 10.3. The zero-order valence-electron chi connectivity index (χ0n) is 68.7. The predicted octanol–water partition coefficient (Wildman–Crippen LogP) is 27.9. The number of fused-ring (bicyclic) bond motifs is 9. The number of aromatic nitrogens is 1. The van der Waals surface area contributed by atoms with Gasteiger partial charge in [0, 0.05) is 70.6 Å². The first-order valence-corrected chi connectivity index (χ1v) is 40.9. The van der Waals surface area contributed by atoms with Gasteiger partial charge in [0.15, 0.2) is 0 Å². The van der Waals surface area contributed by atoms with Crippen LogP contribution in [0, 0.1) is 0 Å². The van der Waals surface area contributed by atoms with Crippen molar-refractivity contribution < 1.29 is 4.11 Å². The smallest absolute Gasteiger partial charge is 0.264 e. The highest BCUT2D eigenvalue weighted by Gasteiger charge is 2.50. The van der Waals surface area contributed by atoms with Crippen LogP contribution in [0.4, 0.5) is 34.1 Å². The summed E-state index contributed by atoms with van der Waals surface area (Å²) in [6.45, 7) is 20.1. The Hall–Kier alpha value is -12.8. The second-order valence-corrected chi connectivity index (χ2v) is 35.5. The Balaban J connectivity index is 1.04. The van der Waals surface area contributed by atoms with E-state index in [1.54, 1.807) is 11.3 Å². The van der Waals surface area contributed by atoms with Gasteiger partial charge in [0.05, 0.1) is 37.6 Å². The molecule has 0 aliphatic carbocycles. The maximum absolute atomic E-state index is 12.1. The quantitative estimate of drug-likeness (QED) is 0.0726. The summed E-state index contributed by atoms with van der Waals surface area (Å²) in [6, 6.07) is 126. The molecule has 2 aromatic heterocycles. The Labute approximate surface area is 677 Å². The number of nitrogens with zero attached hydrogens (tertiary/aromatic N) is 3. The standard InChI is InChI=1S/C109H86BN3S/c1-106(2,3)79-55-57-87-98(67-79)114-105-104(87)113(103-90(71-37-20-12-21-38-71)63-81(108(7,8)9)64-91(103)72-39-22-13-23-40-72)97-66-83(109(77-43-24-14-25-44-77,78-45-26-15-27-46-78)82-59-75-53-51-73-41-32-42-74-52-54-76(60-82)100(75)99(73)74)65-96-101(97)110(105)92-58-56-84(111-93-49-30-28-47-85(93)86-48-29-31-50-94(86)111)68-95(92)112(96)102-88(69-33-16-10-17-34-69)61-80(107(4,5)6)62-89(102)70-35-18-11-19-36-70/h10-68H,1-9H3/i56D,58D,68D. The van der Waals surface area contributed by atoms with Crippen LogP contribution in [0.25, 0.3) is 114 Å². The third-order valence-corrected chi connectivity index (χ3v) is 25.8. The van der Waals surface area contributed by atoms with E-state index in [0.717, 1.165) is 154 Å². The first-order valence-electron chi connectivity index (χ1n) is 41.6. The lowest BCUT2D eigenvalue weighted by atomic mass is 9.36. The molecule has 0 radical (unpaired) electrons. The minimum atomic E-state index is -1.13. The topological polar surface area (TPSA) is 11.4 Å². The van der Waals surface area contributed by atoms with Crippen LogP contribution in [0.2, 0.25) is 0 Å². The molecule has 4 heterocycles. The maximum atomic E-state index is 12.1. The summed E-state index contributed by atoms with van der Waals surface area (Å²) in [5.74, 6) is 0. The van der Waals surface area contributed by atoms with Crippen molar-refractivity contribution in [1.29, 1.82) is 0 Å². The highest BCUT2D eigenvalue weighted by molar-refractivity contribution is 7.33. The van der Waals surface area contributed by atoms with E-state index in [0.29, 0.717) is 16.8 Å². The molecule has 2 aliphatic heterocycles. The Morgan fingerprint density at radius 2 is 0.711 bits per heavy atom. The lowest BCUT2D eigenvalue weighted by Gasteiger charge is -2.47. The van der Waals surface area contributed by atoms with Crippen LogP contribution in [0.3, 0.4) is 0 Å². The van der Waals surface area contributed by atoms with Crippen molar-refractivity contribution in [3.8, 4) is 50.2 Å². The minimum absolute atomic E-state index is 0.0153. The fourth-order valence-electron chi connectivity index (χ4n) is 19.0. The predicted molar refractivity (Wildman–Crippen MR) is 490 cm³/mol. The lowest BCUT2D eigenvalue weighted by Crippen LogP contribution is -2.60. The van der Waals surface area contributed by atoms with Crippen LogP contribution in [-0.4, -0.2) is 11.3 Å². The molecule has 546 valence electrons. The van der Waals surface area contributed by atoms with Gasteiger partial charge >= 0.3 is 0 Å². The summed E-state index contributed by atoms with van der Waals surface area (Å²) >= 11 is 1.80. The summed E-state index contributed by atoms with van der Waals surface area (Å²) in [4.78, 5) is 5.15. The molecule has 0 bridgehead atoms. The van der Waals surface area contributed by atoms with Crippen LogP contribution in [0.1, 0.15) is 105 Å². The molecule has 0 amide bonds. The van der Waals surface area contributed by atoms with Crippen molar-refractivity contribution in [3.05, 3.63) is 397 Å². The molecule has 0 unspecified atom stereocenters. The second-order valence-electron chi connectivity index (χ2n) is 34.5. The number of rotatable bonds is 11. The summed E-state index contributed by atoms with van der Waals surface area (Å²) in [6.07, 6.45) is 0. The Kier molecular flexibility index (Phi) is 15.1. The lowest BCUT2D eigenvalue weighted by molar-refractivity contribution is 0.590. The van der Waals surface area contributed by atoms with Crippen molar-refractivity contribution in [1.82, 2.24) is 4.57 Å². The van der Waals surface area contributed by atoms with Crippen LogP contribution in [-0.2, 0) is 21.7 Å². The molecular formula is C109H86BN3S. The zero-order valence-corrected chi connectivity index (χ0v) is 66.5. The van der Waals surface area contributed by atoms with Gasteiger partial charge in [-0.3, -0.25) is 0 Å². The van der Waals surface area contributed by atoms with Gasteiger partial charge < -0.3 is 14.4 Å². The van der Waals surface area contributed by atoms with Gasteiger partial charge in [-0.15, -0.1) is 11.3 Å². The van der Waals surface area contributed by atoms with E-state index in [1.165, 1.54) is 32.7 Å². The third kappa shape index (κ3) is 10.8. The molecular weight excluding hydrogens is 1390 g/mol. The fourth-order valence-corrected chi connectivity index (χ4v) is 20.3. The van der Waals surface area contributed by atoms with Crippen molar-refractivity contribution in [2.75, 3.05) is 9.80 Å². The van der Waals surface area contributed by atoms with Crippen LogP contribution < -0.4 is 25.5 Å². The molecule has 0 atom stereocenters. The van der Waals surface area contributed by atoms with Gasteiger partial charge in [-0.1, -0.05) is 341 Å². The molecule has 21 rings (SSSR count). The largest absolute Gasteiger partial charge is 0.310 e. The van der Waals surface area contributed by atoms with E-state index < -0.39 is 12.1 Å². The first kappa shape index (κ1) is 65.9. The van der Waals surface area contributed by atoms with Crippen molar-refractivity contribution in [3.63, 3.8) is 0 Å². The first-order chi connectivity index (χ1) is 56.7. The van der Waals surface area contributed by atoms with Crippen molar-refractivity contribution in [2.45, 2.75) is 84.0 Å². The molecule has 0 fully saturated rings. The Bertz CT molecular complexity index is 6940. The molecule has 2 aliphatic rings. The molecule has 0 saturated heterocycles. The highest BCUT2D eigenvalue weighted by Crippen LogP contribution is 2.59. The monoisotopic (exact) mass is 1480 g/mol. The zero-order chi connectivity index (χ0) is 79.7. The van der Waals surface area contributed by atoms with Gasteiger partial charge in [0.2, 0.25) is 0 Å². The van der Waals surface area contributed by atoms with Gasteiger partial charge in [-0.25, -0.2) is 0 Å². The van der Waals surface area contributed by atoms with Crippen molar-refractivity contribution in [2.24, 2.45) is 0 Å². The summed E-state index contributed by atoms with van der Waals surface area (Å²) in [5.41, 5.74) is 22.9. The van der Waals surface area contributed by atoms with Gasteiger partial charge in [-0.2, -0.15) is 0 Å². The maximum Gasteiger partial charge on any atom is 0.264 e. The molecule has 0 saturated carbocycles. The Morgan fingerprint density at radius 1 is 0.307 bits per heavy atom. The van der Waals surface area contributed by atoms with Crippen LogP contribution >= 0.6 is 11.3 Å². The van der Waals surface area contributed by atoms with E-state index >= 15 is 0 Å². The van der Waals surface area contributed by atoms with E-state index in [1.807, 2.05) is 0 Å². The number of anilines is 6. The molecule has 17 aromatic carbocycles. The van der Waals surface area contributed by atoms with Crippen LogP contribution in [0.5, 0.6) is 0 Å². The molecule has 0 N–H and O–H groups in total. The molecule has 3 nitrogen and oxygen atoms in total. The Morgan fingerprint density at radius 3 is 1.18 bits per heavy atom. The number of hydrogen-bond donors (Lipinski definition) is 0. The molecule has 0 spiro atoms.